The third kappa shape index (κ3) is 8.04. The highest BCUT2D eigenvalue weighted by molar-refractivity contribution is 6.30. The molecule has 5 rings (SSSR count). The number of hydrogen-bond donors (Lipinski definition) is 3. The van der Waals surface area contributed by atoms with E-state index in [1.54, 1.807) is 4.90 Å². The molecule has 4 aromatic rings. The maximum absolute atomic E-state index is 13.8. The Morgan fingerprint density at radius 2 is 1.61 bits per heavy atom. The van der Waals surface area contributed by atoms with Gasteiger partial charge in [-0.1, -0.05) is 86.1 Å². The van der Waals surface area contributed by atoms with Gasteiger partial charge in [0.25, 0.3) is 0 Å². The Kier molecular flexibility index (Phi) is 10.0. The van der Waals surface area contributed by atoms with Gasteiger partial charge in [0, 0.05) is 17.1 Å². The molecule has 1 aliphatic carbocycles. The number of anilines is 1. The van der Waals surface area contributed by atoms with Crippen molar-refractivity contribution >= 4 is 23.3 Å². The van der Waals surface area contributed by atoms with Crippen LogP contribution in [0.2, 0.25) is 5.02 Å². The molecule has 2 amide bonds. The zero-order chi connectivity index (χ0) is 31.3. The third-order valence-corrected chi connectivity index (χ3v) is 9.31. The average molecular weight is 615 g/mol. The van der Waals surface area contributed by atoms with E-state index < -0.39 is 6.10 Å². The molecule has 0 bridgehead atoms. The quantitative estimate of drug-likeness (QED) is 0.177. The topological polar surface area (TPSA) is 107 Å². The largest absolute Gasteiger partial charge is 0.388 e. The lowest BCUT2D eigenvalue weighted by Gasteiger charge is -2.37. The summed E-state index contributed by atoms with van der Waals surface area (Å²) in [6.45, 7) is 9.40. The Hall–Kier alpha value is -3.75. The number of carbonyl (C=O) groups is 1. The fraction of sp³-hybridized carbons (Fsp3) is 0.429. The van der Waals surface area contributed by atoms with E-state index in [1.165, 1.54) is 31.2 Å². The molecule has 2 atom stereocenters. The highest BCUT2D eigenvalue weighted by Gasteiger charge is 2.30. The molecular weight excluding hydrogens is 572 g/mol. The third-order valence-electron chi connectivity index (χ3n) is 9.05. The number of carbonyl (C=O) groups excluding carboxylic acids is 1. The lowest BCUT2D eigenvalue weighted by Crippen LogP contribution is -2.40. The van der Waals surface area contributed by atoms with Gasteiger partial charge in [-0.2, -0.15) is 5.21 Å². The molecule has 3 N–H and O–H groups in total. The number of nitrogens with one attached hydrogen (secondary N) is 2. The van der Waals surface area contributed by atoms with E-state index in [9.17, 15) is 9.90 Å². The van der Waals surface area contributed by atoms with Crippen molar-refractivity contribution in [1.82, 2.24) is 25.9 Å². The summed E-state index contributed by atoms with van der Waals surface area (Å²) < 4.78 is 0. The number of hydrogen-bond acceptors (Lipinski definition) is 5. The van der Waals surface area contributed by atoms with Crippen LogP contribution in [0, 0.1) is 11.3 Å². The minimum atomic E-state index is -0.757. The molecule has 232 valence electrons. The highest BCUT2D eigenvalue weighted by atomic mass is 35.5. The van der Waals surface area contributed by atoms with Gasteiger partial charge in [-0.05, 0) is 96.4 Å². The molecule has 1 fully saturated rings. The van der Waals surface area contributed by atoms with Crippen molar-refractivity contribution in [2.75, 3.05) is 4.90 Å². The van der Waals surface area contributed by atoms with Gasteiger partial charge in [-0.25, -0.2) is 4.79 Å². The van der Waals surface area contributed by atoms with Crippen LogP contribution in [-0.4, -0.2) is 31.8 Å². The highest BCUT2D eigenvalue weighted by Crippen LogP contribution is 2.43. The molecule has 3 aromatic carbocycles. The Morgan fingerprint density at radius 3 is 2.20 bits per heavy atom. The number of nitrogens with zero attached hydrogens (tertiary/aromatic N) is 4. The van der Waals surface area contributed by atoms with Crippen LogP contribution in [0.25, 0.3) is 0 Å². The first kappa shape index (κ1) is 31.7. The van der Waals surface area contributed by atoms with E-state index >= 15 is 0 Å². The number of H-pyrrole nitrogens is 1. The lowest BCUT2D eigenvalue weighted by molar-refractivity contribution is 0.169. The van der Waals surface area contributed by atoms with Gasteiger partial charge in [0.05, 0.1) is 18.7 Å². The Labute approximate surface area is 265 Å². The number of aliphatic hydroxyl groups excluding tert-OH is 1. The molecular formula is C35H43ClN6O2. The van der Waals surface area contributed by atoms with Crippen LogP contribution in [0.4, 0.5) is 10.5 Å². The zero-order valence-corrected chi connectivity index (χ0v) is 26.8. The van der Waals surface area contributed by atoms with E-state index in [-0.39, 0.29) is 18.5 Å². The summed E-state index contributed by atoms with van der Waals surface area (Å²) in [6.07, 6.45) is 4.42. The molecule has 44 heavy (non-hydrogen) atoms. The molecule has 2 unspecified atom stereocenters. The van der Waals surface area contributed by atoms with Gasteiger partial charge in [0.1, 0.15) is 0 Å². The summed E-state index contributed by atoms with van der Waals surface area (Å²) in [4.78, 5) is 15.6. The van der Waals surface area contributed by atoms with Crippen molar-refractivity contribution in [2.45, 2.75) is 84.4 Å². The van der Waals surface area contributed by atoms with Crippen LogP contribution >= 0.6 is 11.6 Å². The van der Waals surface area contributed by atoms with Crippen LogP contribution in [0.3, 0.4) is 0 Å². The van der Waals surface area contributed by atoms with Gasteiger partial charge < -0.3 is 10.4 Å². The molecule has 9 heteroatoms. The van der Waals surface area contributed by atoms with Crippen LogP contribution < -0.4 is 10.2 Å². The Morgan fingerprint density at radius 1 is 0.977 bits per heavy atom. The summed E-state index contributed by atoms with van der Waals surface area (Å²) in [7, 11) is 0. The van der Waals surface area contributed by atoms with Gasteiger partial charge in [-0.15, -0.1) is 10.2 Å². The first-order chi connectivity index (χ1) is 21.1. The van der Waals surface area contributed by atoms with Crippen molar-refractivity contribution in [3.05, 3.63) is 106 Å². The second-order valence-electron chi connectivity index (χ2n) is 13.1. The summed E-state index contributed by atoms with van der Waals surface area (Å²) >= 11 is 6.08. The molecule has 0 aliphatic heterocycles. The Balaban J connectivity index is 1.32. The van der Waals surface area contributed by atoms with Crippen LogP contribution in [0.5, 0.6) is 0 Å². The number of benzene rings is 3. The molecule has 1 saturated carbocycles. The van der Waals surface area contributed by atoms with E-state index in [2.05, 4.69) is 71.0 Å². The SMILES string of the molecule is CC(NC(=O)N(Cc1ccc(C(O)Cc2nn[nH]n2)cc1)c1ccc(C2CCC(C(C)(C)C)CC2)cc1)c1ccc(Cl)cc1. The maximum Gasteiger partial charge on any atom is 0.322 e. The van der Waals surface area contributed by atoms with Crippen molar-refractivity contribution in [2.24, 2.45) is 11.3 Å². The second kappa shape index (κ2) is 13.9. The minimum Gasteiger partial charge on any atom is -0.388 e. The average Bonchev–Trinajstić information content (AvgIpc) is 3.53. The predicted octanol–water partition coefficient (Wildman–Crippen LogP) is 7.93. The van der Waals surface area contributed by atoms with E-state index in [0.717, 1.165) is 28.3 Å². The second-order valence-corrected chi connectivity index (χ2v) is 13.5. The van der Waals surface area contributed by atoms with Crippen molar-refractivity contribution in [1.29, 1.82) is 0 Å². The maximum atomic E-state index is 13.8. The van der Waals surface area contributed by atoms with Crippen molar-refractivity contribution in [3.63, 3.8) is 0 Å². The number of rotatable bonds is 9. The molecule has 0 radical (unpaired) electrons. The number of aliphatic hydroxyl groups is 1. The van der Waals surface area contributed by atoms with Crippen LogP contribution in [0.1, 0.15) is 99.5 Å². The van der Waals surface area contributed by atoms with Crippen molar-refractivity contribution < 1.29 is 9.90 Å². The molecule has 1 aliphatic rings. The lowest BCUT2D eigenvalue weighted by atomic mass is 9.69. The van der Waals surface area contributed by atoms with Crippen LogP contribution in [-0.2, 0) is 13.0 Å². The number of urea groups is 1. The number of aromatic amines is 1. The molecule has 1 aromatic heterocycles. The molecule has 0 spiro atoms. The standard InChI is InChI=1S/C35H43ClN6O2/c1-23(25-11-17-30(36)18-12-25)37-34(44)42(22-24-5-7-28(8-6-24)32(43)21-33-38-40-41-39-33)31-19-13-27(14-20-31)26-9-15-29(16-10-26)35(2,3)4/h5-8,11-14,17-20,23,26,29,32,43H,9-10,15-16,21-22H2,1-4H3,(H,37,44)(H,38,39,40,41). The van der Waals surface area contributed by atoms with Crippen molar-refractivity contribution in [3.8, 4) is 0 Å². The van der Waals surface area contributed by atoms with E-state index in [4.69, 9.17) is 11.6 Å². The number of amides is 2. The van der Waals surface area contributed by atoms with Gasteiger partial charge in [0.15, 0.2) is 5.82 Å². The summed E-state index contributed by atoms with van der Waals surface area (Å²) in [5.41, 5.74) is 5.20. The molecule has 1 heterocycles. The summed E-state index contributed by atoms with van der Waals surface area (Å²) in [5, 5.41) is 28.3. The fourth-order valence-corrected chi connectivity index (χ4v) is 6.31. The van der Waals surface area contributed by atoms with Gasteiger partial charge >= 0.3 is 6.03 Å². The van der Waals surface area contributed by atoms with Gasteiger partial charge in [0.2, 0.25) is 0 Å². The first-order valence-corrected chi connectivity index (χ1v) is 15.9. The molecule has 0 saturated heterocycles. The first-order valence-electron chi connectivity index (χ1n) is 15.5. The smallest absolute Gasteiger partial charge is 0.322 e. The summed E-state index contributed by atoms with van der Waals surface area (Å²) in [5.74, 6) is 1.78. The summed E-state index contributed by atoms with van der Waals surface area (Å²) in [6, 6.07) is 23.3. The normalized spacial score (nSPS) is 18.4. The minimum absolute atomic E-state index is 0.188. The zero-order valence-electron chi connectivity index (χ0n) is 26.0. The number of halogens is 1. The van der Waals surface area contributed by atoms with E-state index in [1.807, 2.05) is 55.5 Å². The van der Waals surface area contributed by atoms with Gasteiger partial charge in [-0.3, -0.25) is 4.90 Å². The number of tetrazole rings is 1. The number of aromatic nitrogens is 4. The fourth-order valence-electron chi connectivity index (χ4n) is 6.19. The molecule has 8 nitrogen and oxygen atoms in total. The predicted molar refractivity (Wildman–Crippen MR) is 174 cm³/mol. The monoisotopic (exact) mass is 614 g/mol. The van der Waals surface area contributed by atoms with E-state index in [0.29, 0.717) is 28.7 Å². The Bertz CT molecular complexity index is 1480. The van der Waals surface area contributed by atoms with Crippen LogP contribution in [0.15, 0.2) is 72.8 Å².